The molecule has 2 N–H and O–H groups in total. The van der Waals surface area contributed by atoms with Crippen LogP contribution in [0.5, 0.6) is 0 Å². The van der Waals surface area contributed by atoms with Gasteiger partial charge in [-0.25, -0.2) is 4.98 Å². The van der Waals surface area contributed by atoms with Crippen LogP contribution in [0.15, 0.2) is 0 Å². The SMILES string of the molecule is COCc1nc(C2CC2(C)C)sc1CN. The van der Waals surface area contributed by atoms with Crippen LogP contribution in [0.1, 0.15) is 41.8 Å². The summed E-state index contributed by atoms with van der Waals surface area (Å²) < 4.78 is 5.12. The van der Waals surface area contributed by atoms with Gasteiger partial charge in [0.1, 0.15) is 0 Å². The van der Waals surface area contributed by atoms with Crippen LogP contribution >= 0.6 is 11.3 Å². The van der Waals surface area contributed by atoms with E-state index in [9.17, 15) is 0 Å². The molecule has 3 nitrogen and oxygen atoms in total. The van der Waals surface area contributed by atoms with Crippen molar-refractivity contribution in [3.05, 3.63) is 15.6 Å². The monoisotopic (exact) mass is 226 g/mol. The lowest BCUT2D eigenvalue weighted by Crippen LogP contribution is -1.99. The quantitative estimate of drug-likeness (QED) is 0.856. The van der Waals surface area contributed by atoms with Crippen molar-refractivity contribution in [2.45, 2.75) is 39.3 Å². The summed E-state index contributed by atoms with van der Waals surface area (Å²) >= 11 is 1.76. The number of thiazole rings is 1. The highest BCUT2D eigenvalue weighted by molar-refractivity contribution is 7.11. The smallest absolute Gasteiger partial charge is 0.0969 e. The maximum atomic E-state index is 5.70. The maximum Gasteiger partial charge on any atom is 0.0969 e. The Balaban J connectivity index is 2.20. The Labute approximate surface area is 94.7 Å². The number of hydrogen-bond acceptors (Lipinski definition) is 4. The van der Waals surface area contributed by atoms with Gasteiger partial charge in [-0.3, -0.25) is 0 Å². The summed E-state index contributed by atoms with van der Waals surface area (Å²) in [6.45, 7) is 5.73. The fourth-order valence-electron chi connectivity index (χ4n) is 1.85. The molecule has 0 radical (unpaired) electrons. The number of nitrogens with two attached hydrogens (primary N) is 1. The van der Waals surface area contributed by atoms with E-state index in [4.69, 9.17) is 10.5 Å². The molecule has 4 heteroatoms. The molecule has 84 valence electrons. The van der Waals surface area contributed by atoms with Gasteiger partial charge < -0.3 is 10.5 Å². The van der Waals surface area contributed by atoms with Gasteiger partial charge in [-0.1, -0.05) is 13.8 Å². The van der Waals surface area contributed by atoms with Gasteiger partial charge in [0, 0.05) is 24.4 Å². The van der Waals surface area contributed by atoms with E-state index in [0.717, 1.165) is 5.69 Å². The maximum absolute atomic E-state index is 5.70. The van der Waals surface area contributed by atoms with Gasteiger partial charge in [-0.15, -0.1) is 11.3 Å². The van der Waals surface area contributed by atoms with Crippen LogP contribution in [0.4, 0.5) is 0 Å². The first-order chi connectivity index (χ1) is 7.08. The molecule has 0 amide bonds. The van der Waals surface area contributed by atoms with Gasteiger partial charge in [-0.05, 0) is 11.8 Å². The van der Waals surface area contributed by atoms with Crippen molar-refractivity contribution in [3.8, 4) is 0 Å². The lowest BCUT2D eigenvalue weighted by atomic mass is 10.1. The summed E-state index contributed by atoms with van der Waals surface area (Å²) in [4.78, 5) is 5.82. The third-order valence-electron chi connectivity index (χ3n) is 3.07. The van der Waals surface area contributed by atoms with Crippen LogP contribution in [0.25, 0.3) is 0 Å². The predicted molar refractivity (Wildman–Crippen MR) is 61.9 cm³/mol. The zero-order valence-corrected chi connectivity index (χ0v) is 10.4. The topological polar surface area (TPSA) is 48.1 Å². The van der Waals surface area contributed by atoms with E-state index in [0.29, 0.717) is 24.5 Å². The highest BCUT2D eigenvalue weighted by Crippen LogP contribution is 2.59. The highest BCUT2D eigenvalue weighted by atomic mass is 32.1. The Morgan fingerprint density at radius 2 is 2.27 bits per heavy atom. The minimum Gasteiger partial charge on any atom is -0.378 e. The molecule has 1 aromatic rings. The molecule has 0 spiro atoms. The molecule has 0 aliphatic heterocycles. The minimum absolute atomic E-state index is 0.439. The fraction of sp³-hybridized carbons (Fsp3) is 0.727. The van der Waals surface area contributed by atoms with Gasteiger partial charge in [-0.2, -0.15) is 0 Å². The second-order valence-electron chi connectivity index (χ2n) is 4.80. The van der Waals surface area contributed by atoms with Crippen molar-refractivity contribution in [1.29, 1.82) is 0 Å². The molecule has 0 bridgehead atoms. The van der Waals surface area contributed by atoms with Crippen molar-refractivity contribution < 1.29 is 4.74 Å². The van der Waals surface area contributed by atoms with Crippen LogP contribution in [-0.2, 0) is 17.9 Å². The van der Waals surface area contributed by atoms with E-state index in [2.05, 4.69) is 18.8 Å². The number of methoxy groups -OCH3 is 1. The van der Waals surface area contributed by atoms with Gasteiger partial charge in [0.15, 0.2) is 0 Å². The summed E-state index contributed by atoms with van der Waals surface area (Å²) in [6.07, 6.45) is 1.25. The zero-order chi connectivity index (χ0) is 11.1. The average molecular weight is 226 g/mol. The fourth-order valence-corrected chi connectivity index (χ4v) is 3.11. The Hall–Kier alpha value is -0.450. The van der Waals surface area contributed by atoms with E-state index in [1.165, 1.54) is 16.3 Å². The molecule has 1 atom stereocenters. The second-order valence-corrected chi connectivity index (χ2v) is 5.92. The van der Waals surface area contributed by atoms with E-state index < -0.39 is 0 Å². The Bertz CT molecular complexity index is 359. The van der Waals surface area contributed by atoms with Crippen LogP contribution in [-0.4, -0.2) is 12.1 Å². The molecule has 1 saturated carbocycles. The van der Waals surface area contributed by atoms with Gasteiger partial charge in [0.2, 0.25) is 0 Å². The summed E-state index contributed by atoms with van der Waals surface area (Å²) in [5, 5.41) is 1.24. The molecular weight excluding hydrogens is 208 g/mol. The molecule has 1 unspecified atom stereocenters. The summed E-state index contributed by atoms with van der Waals surface area (Å²) in [7, 11) is 1.69. The Kier molecular flexibility index (Phi) is 2.83. The standard InChI is InChI=1S/C11H18N2OS/c1-11(2)4-7(11)10-13-8(6-14-3)9(5-12)15-10/h7H,4-6,12H2,1-3H3. The van der Waals surface area contributed by atoms with Crippen molar-refractivity contribution in [2.75, 3.05) is 7.11 Å². The van der Waals surface area contributed by atoms with Crippen molar-refractivity contribution in [1.82, 2.24) is 4.98 Å². The molecule has 1 fully saturated rings. The number of rotatable bonds is 4. The first-order valence-corrected chi connectivity index (χ1v) is 6.07. The van der Waals surface area contributed by atoms with Crippen molar-refractivity contribution in [2.24, 2.45) is 11.1 Å². The van der Waals surface area contributed by atoms with Gasteiger partial charge >= 0.3 is 0 Å². The van der Waals surface area contributed by atoms with E-state index in [1.807, 2.05) is 0 Å². The lowest BCUT2D eigenvalue weighted by Gasteiger charge is -1.97. The van der Waals surface area contributed by atoms with Crippen molar-refractivity contribution in [3.63, 3.8) is 0 Å². The third-order valence-corrected chi connectivity index (χ3v) is 4.31. The Morgan fingerprint density at radius 1 is 1.60 bits per heavy atom. The first kappa shape index (κ1) is 11.0. The molecule has 1 aromatic heterocycles. The van der Waals surface area contributed by atoms with E-state index in [-0.39, 0.29) is 0 Å². The van der Waals surface area contributed by atoms with Gasteiger partial charge in [0.05, 0.1) is 17.3 Å². The molecule has 15 heavy (non-hydrogen) atoms. The van der Waals surface area contributed by atoms with Crippen molar-refractivity contribution >= 4 is 11.3 Å². The Morgan fingerprint density at radius 3 is 2.73 bits per heavy atom. The zero-order valence-electron chi connectivity index (χ0n) is 9.54. The van der Waals surface area contributed by atoms with Crippen LogP contribution in [0, 0.1) is 5.41 Å². The number of hydrogen-bond donors (Lipinski definition) is 1. The molecular formula is C11H18N2OS. The minimum atomic E-state index is 0.439. The molecule has 1 heterocycles. The number of aromatic nitrogens is 1. The van der Waals surface area contributed by atoms with Crippen LogP contribution < -0.4 is 5.73 Å². The summed E-state index contributed by atoms with van der Waals surface area (Å²) in [6, 6.07) is 0. The second kappa shape index (κ2) is 3.85. The first-order valence-electron chi connectivity index (χ1n) is 5.26. The normalized spacial score (nSPS) is 23.1. The van der Waals surface area contributed by atoms with Crippen LogP contribution in [0.2, 0.25) is 0 Å². The largest absolute Gasteiger partial charge is 0.378 e. The predicted octanol–water partition coefficient (Wildman–Crippen LogP) is 2.26. The summed E-state index contributed by atoms with van der Waals surface area (Å²) in [5.41, 5.74) is 7.17. The highest BCUT2D eigenvalue weighted by Gasteiger charge is 2.48. The average Bonchev–Trinajstić information content (AvgIpc) is 2.66. The lowest BCUT2D eigenvalue weighted by molar-refractivity contribution is 0.181. The molecule has 1 aliphatic rings. The molecule has 0 saturated heterocycles. The number of ether oxygens (including phenoxy) is 1. The summed E-state index contributed by atoms with van der Waals surface area (Å²) in [5.74, 6) is 0.637. The number of nitrogens with zero attached hydrogens (tertiary/aromatic N) is 1. The van der Waals surface area contributed by atoms with E-state index >= 15 is 0 Å². The molecule has 2 rings (SSSR count). The molecule has 0 aromatic carbocycles. The van der Waals surface area contributed by atoms with Crippen LogP contribution in [0.3, 0.4) is 0 Å². The third kappa shape index (κ3) is 2.07. The van der Waals surface area contributed by atoms with E-state index in [1.54, 1.807) is 18.4 Å². The molecule has 1 aliphatic carbocycles. The van der Waals surface area contributed by atoms with Gasteiger partial charge in [0.25, 0.3) is 0 Å².